The highest BCUT2D eigenvalue weighted by Crippen LogP contribution is 2.33. The van der Waals surface area contributed by atoms with E-state index in [1.807, 2.05) is 91.0 Å². The first-order valence-corrected chi connectivity index (χ1v) is 15.9. The number of rotatable bonds is 3. The van der Waals surface area contributed by atoms with Crippen molar-refractivity contribution in [3.63, 3.8) is 0 Å². The second-order valence-corrected chi connectivity index (χ2v) is 11.4. The van der Waals surface area contributed by atoms with Gasteiger partial charge in [-0.2, -0.15) is 0 Å². The van der Waals surface area contributed by atoms with Crippen LogP contribution >= 0.6 is 0 Å². The third kappa shape index (κ3) is 7.71. The van der Waals surface area contributed by atoms with Crippen molar-refractivity contribution in [2.24, 2.45) is 0 Å². The zero-order chi connectivity index (χ0) is 32.4. The highest BCUT2D eigenvalue weighted by molar-refractivity contribution is 5.81. The molecule has 0 aromatic heterocycles. The summed E-state index contributed by atoms with van der Waals surface area (Å²) < 4.78 is 0. The lowest BCUT2D eigenvalue weighted by Gasteiger charge is -2.12. The topological polar surface area (TPSA) is 0 Å². The molecule has 0 aliphatic heterocycles. The molecule has 48 heavy (non-hydrogen) atoms. The molecule has 7 aromatic carbocycles. The first-order valence-electron chi connectivity index (χ1n) is 15.9. The van der Waals surface area contributed by atoms with Gasteiger partial charge in [0.25, 0.3) is 0 Å². The Morgan fingerprint density at radius 1 is 0.188 bits per heavy atom. The van der Waals surface area contributed by atoms with Crippen LogP contribution < -0.4 is 0 Å². The molecule has 7 rings (SSSR count). The molecule has 0 N–H and O–H groups in total. The van der Waals surface area contributed by atoms with Crippen LogP contribution in [-0.2, 0) is 0 Å². The summed E-state index contributed by atoms with van der Waals surface area (Å²) in [7, 11) is 0. The molecule has 0 aliphatic carbocycles. The maximum atomic E-state index is 3.29. The Kier molecular flexibility index (Phi) is 9.06. The summed E-state index contributed by atoms with van der Waals surface area (Å²) in [6.45, 7) is 0. The lowest BCUT2D eigenvalue weighted by Crippen LogP contribution is -1.87. The molecule has 0 unspecified atom stereocenters. The predicted molar refractivity (Wildman–Crippen MR) is 200 cm³/mol. The number of benzene rings is 7. The molecule has 0 atom stereocenters. The molecular formula is C48H30. The Morgan fingerprint density at radius 3 is 0.625 bits per heavy atom. The normalized spacial score (nSPS) is 10.0. The van der Waals surface area contributed by atoms with E-state index in [2.05, 4.69) is 127 Å². The fourth-order valence-corrected chi connectivity index (χ4v) is 5.36. The van der Waals surface area contributed by atoms with E-state index in [0.717, 1.165) is 66.8 Å². The van der Waals surface area contributed by atoms with E-state index < -0.39 is 0 Å². The van der Waals surface area contributed by atoms with Gasteiger partial charge in [0.1, 0.15) is 0 Å². The van der Waals surface area contributed by atoms with Crippen molar-refractivity contribution in [3.05, 3.63) is 215 Å². The Morgan fingerprint density at radius 2 is 0.396 bits per heavy atom. The van der Waals surface area contributed by atoms with Crippen molar-refractivity contribution in [1.82, 2.24) is 0 Å². The van der Waals surface area contributed by atoms with Crippen molar-refractivity contribution < 1.29 is 0 Å². The quantitative estimate of drug-likeness (QED) is 0.176. The van der Waals surface area contributed by atoms with Gasteiger partial charge >= 0.3 is 0 Å². The van der Waals surface area contributed by atoms with Crippen LogP contribution in [0.5, 0.6) is 0 Å². The molecule has 0 saturated carbocycles. The van der Waals surface area contributed by atoms with Gasteiger partial charge in [-0.05, 0) is 124 Å². The van der Waals surface area contributed by atoms with Crippen molar-refractivity contribution in [3.8, 4) is 68.9 Å². The lowest BCUT2D eigenvalue weighted by molar-refractivity contribution is 1.54. The summed E-state index contributed by atoms with van der Waals surface area (Å²) in [4.78, 5) is 0. The minimum absolute atomic E-state index is 0.985. The molecule has 0 nitrogen and oxygen atoms in total. The average Bonchev–Trinajstić information content (AvgIpc) is 3.17. The van der Waals surface area contributed by atoms with Gasteiger partial charge < -0.3 is 0 Å². The standard InChI is InChI=1S/C48H30/c1-4-10-37(11-5-1)16-19-40-22-28-43(29-23-40)46-34-47(44-30-24-41(25-31-44)20-17-38-12-6-2-7-13-38)36-48(35-46)45-32-26-42(27-33-45)21-18-39-14-8-3-9-15-39/h1-15,22-36H. The Hall–Kier alpha value is -6.78. The summed E-state index contributed by atoms with van der Waals surface area (Å²) in [5.41, 5.74) is 12.8. The van der Waals surface area contributed by atoms with Crippen LogP contribution in [-0.4, -0.2) is 0 Å². The van der Waals surface area contributed by atoms with Gasteiger partial charge in [0.15, 0.2) is 0 Å². The molecular weight excluding hydrogens is 577 g/mol. The van der Waals surface area contributed by atoms with E-state index in [1.165, 1.54) is 0 Å². The Labute approximate surface area is 283 Å². The van der Waals surface area contributed by atoms with Crippen LogP contribution in [0.2, 0.25) is 0 Å². The first kappa shape index (κ1) is 29.9. The summed E-state index contributed by atoms with van der Waals surface area (Å²) in [5.74, 6) is 19.7. The monoisotopic (exact) mass is 606 g/mol. The van der Waals surface area contributed by atoms with Crippen LogP contribution in [0.1, 0.15) is 33.4 Å². The van der Waals surface area contributed by atoms with Gasteiger partial charge in [-0.3, -0.25) is 0 Å². The average molecular weight is 607 g/mol. The fourth-order valence-electron chi connectivity index (χ4n) is 5.36. The van der Waals surface area contributed by atoms with Gasteiger partial charge in [-0.15, -0.1) is 0 Å². The van der Waals surface area contributed by atoms with Crippen molar-refractivity contribution in [2.75, 3.05) is 0 Å². The second-order valence-electron chi connectivity index (χ2n) is 11.4. The summed E-state index contributed by atoms with van der Waals surface area (Å²) in [6.07, 6.45) is 0. The third-order valence-corrected chi connectivity index (χ3v) is 7.96. The van der Waals surface area contributed by atoms with Gasteiger partial charge in [0.2, 0.25) is 0 Å². The van der Waals surface area contributed by atoms with E-state index >= 15 is 0 Å². The summed E-state index contributed by atoms with van der Waals surface area (Å²) >= 11 is 0. The fraction of sp³-hybridized carbons (Fsp3) is 0. The smallest absolute Gasteiger partial charge is 0.0249 e. The van der Waals surface area contributed by atoms with E-state index in [-0.39, 0.29) is 0 Å². The SMILES string of the molecule is C(#Cc1ccc(-c2cc(-c3ccc(C#Cc4ccccc4)cc3)cc(-c3ccc(C#Cc4ccccc4)cc3)c2)cc1)c1ccccc1. The summed E-state index contributed by atoms with van der Waals surface area (Å²) in [6, 6.07) is 62.5. The highest BCUT2D eigenvalue weighted by Gasteiger charge is 2.08. The van der Waals surface area contributed by atoms with Crippen molar-refractivity contribution >= 4 is 0 Å². The number of hydrogen-bond acceptors (Lipinski definition) is 0. The molecule has 0 fully saturated rings. The van der Waals surface area contributed by atoms with Gasteiger partial charge in [-0.25, -0.2) is 0 Å². The minimum Gasteiger partial charge on any atom is -0.0622 e. The maximum absolute atomic E-state index is 3.29. The molecule has 0 heterocycles. The zero-order valence-electron chi connectivity index (χ0n) is 26.3. The Bertz CT molecular complexity index is 2040. The van der Waals surface area contributed by atoms with Gasteiger partial charge in [0.05, 0.1) is 0 Å². The Balaban J connectivity index is 1.21. The van der Waals surface area contributed by atoms with E-state index in [0.29, 0.717) is 0 Å². The minimum atomic E-state index is 0.985. The summed E-state index contributed by atoms with van der Waals surface area (Å²) in [5, 5.41) is 0. The van der Waals surface area contributed by atoms with Crippen LogP contribution in [0.4, 0.5) is 0 Å². The van der Waals surface area contributed by atoms with E-state index in [9.17, 15) is 0 Å². The highest BCUT2D eigenvalue weighted by atomic mass is 14.1. The molecule has 0 spiro atoms. The molecule has 0 amide bonds. The van der Waals surface area contributed by atoms with E-state index in [4.69, 9.17) is 0 Å². The van der Waals surface area contributed by atoms with Crippen molar-refractivity contribution in [2.45, 2.75) is 0 Å². The largest absolute Gasteiger partial charge is 0.0622 e. The van der Waals surface area contributed by atoms with Crippen LogP contribution in [0, 0.1) is 35.5 Å². The predicted octanol–water partition coefficient (Wildman–Crippen LogP) is 10.9. The molecule has 222 valence electrons. The molecule has 0 heteroatoms. The number of hydrogen-bond donors (Lipinski definition) is 0. The van der Waals surface area contributed by atoms with Crippen LogP contribution in [0.25, 0.3) is 33.4 Å². The molecule has 0 bridgehead atoms. The van der Waals surface area contributed by atoms with E-state index in [1.54, 1.807) is 0 Å². The first-order chi connectivity index (χ1) is 23.7. The van der Waals surface area contributed by atoms with Gasteiger partial charge in [-0.1, -0.05) is 127 Å². The molecule has 0 saturated heterocycles. The van der Waals surface area contributed by atoms with Crippen LogP contribution in [0.15, 0.2) is 182 Å². The second kappa shape index (κ2) is 14.5. The lowest BCUT2D eigenvalue weighted by atomic mass is 9.92. The van der Waals surface area contributed by atoms with Gasteiger partial charge in [0, 0.05) is 33.4 Å². The maximum Gasteiger partial charge on any atom is 0.0249 e. The molecule has 0 aliphatic rings. The van der Waals surface area contributed by atoms with Crippen LogP contribution in [0.3, 0.4) is 0 Å². The molecule has 7 aromatic rings. The molecule has 0 radical (unpaired) electrons. The van der Waals surface area contributed by atoms with Crippen molar-refractivity contribution in [1.29, 1.82) is 0 Å². The zero-order valence-corrected chi connectivity index (χ0v) is 26.3. The third-order valence-electron chi connectivity index (χ3n) is 7.96.